The van der Waals surface area contributed by atoms with Gasteiger partial charge >= 0.3 is 0 Å². The summed E-state index contributed by atoms with van der Waals surface area (Å²) in [4.78, 5) is 9.34. The van der Waals surface area contributed by atoms with Crippen LogP contribution in [0.25, 0.3) is 0 Å². The second-order valence-corrected chi connectivity index (χ2v) is 3.41. The van der Waals surface area contributed by atoms with Crippen LogP contribution >= 0.6 is 0 Å². The van der Waals surface area contributed by atoms with Crippen molar-refractivity contribution in [3.63, 3.8) is 0 Å². The van der Waals surface area contributed by atoms with Gasteiger partial charge in [0.15, 0.2) is 0 Å². The highest BCUT2D eigenvalue weighted by Gasteiger charge is 2.16. The fourth-order valence-electron chi connectivity index (χ4n) is 1.45. The van der Waals surface area contributed by atoms with Gasteiger partial charge in [-0.1, -0.05) is 0 Å². The lowest BCUT2D eigenvalue weighted by Gasteiger charge is -2.34. The molecule has 0 aromatic heterocycles. The van der Waals surface area contributed by atoms with E-state index in [0.717, 1.165) is 0 Å². The van der Waals surface area contributed by atoms with E-state index in [-0.39, 0.29) is 6.79 Å². The Labute approximate surface area is 98.5 Å². The maximum absolute atomic E-state index is 9.34. The monoisotopic (exact) mass is 235 g/mol. The van der Waals surface area contributed by atoms with E-state index >= 15 is 0 Å². The van der Waals surface area contributed by atoms with Gasteiger partial charge in [0.1, 0.15) is 6.79 Å². The molecule has 0 aromatic carbocycles. The minimum atomic E-state index is -1.57. The van der Waals surface area contributed by atoms with Gasteiger partial charge in [-0.2, -0.15) is 0 Å². The van der Waals surface area contributed by atoms with Crippen molar-refractivity contribution in [3.05, 3.63) is 0 Å². The molecule has 0 bridgehead atoms. The molecule has 0 spiro atoms. The van der Waals surface area contributed by atoms with Gasteiger partial charge in [0.25, 0.3) is 6.16 Å². The minimum absolute atomic E-state index is 0.262. The first-order chi connectivity index (χ1) is 7.51. The Kier molecular flexibility index (Phi) is 11.8. The number of hydrogen-bond acceptors (Lipinski definition) is 4. The van der Waals surface area contributed by atoms with Gasteiger partial charge in [0.05, 0.1) is 26.2 Å². The van der Waals surface area contributed by atoms with E-state index < -0.39 is 6.16 Å². The van der Waals surface area contributed by atoms with Crippen LogP contribution in [0.15, 0.2) is 0 Å². The molecule has 0 aliphatic rings. The number of methoxy groups -OCH3 is 1. The van der Waals surface area contributed by atoms with Gasteiger partial charge in [-0.25, -0.2) is 0 Å². The molecule has 5 nitrogen and oxygen atoms in total. The summed E-state index contributed by atoms with van der Waals surface area (Å²) >= 11 is 0. The summed E-state index contributed by atoms with van der Waals surface area (Å²) in [6.07, 6.45) is -1.57. The second-order valence-electron chi connectivity index (χ2n) is 3.41. The Balaban J connectivity index is 0. The van der Waals surface area contributed by atoms with Crippen molar-refractivity contribution in [1.82, 2.24) is 0 Å². The van der Waals surface area contributed by atoms with Crippen molar-refractivity contribution in [1.29, 1.82) is 0 Å². The number of nitrogens with zero attached hydrogens (tertiary/aromatic N) is 1. The summed E-state index contributed by atoms with van der Waals surface area (Å²) in [5.74, 6) is 0. The standard InChI is InChI=1S/C8H20N.C3H6O4/c1-5-9(6-2,7-3)8-4;1-6-2-7-3(4)5/h5-8H2,1-4H3;2H2,1H3,(H,4,5)/q+1;/p-1. The van der Waals surface area contributed by atoms with Crippen molar-refractivity contribution in [2.75, 3.05) is 40.1 Å². The molecule has 0 saturated heterocycles. The Morgan fingerprint density at radius 1 is 1.06 bits per heavy atom. The molecular weight excluding hydrogens is 210 g/mol. The molecule has 0 saturated carbocycles. The van der Waals surface area contributed by atoms with Crippen LogP contribution in [0.4, 0.5) is 4.79 Å². The SMILES string of the molecule is CC[N+](CC)(CC)CC.COCOC(=O)[O-]. The van der Waals surface area contributed by atoms with Crippen LogP contribution in [0.3, 0.4) is 0 Å². The Hall–Kier alpha value is -0.810. The maximum atomic E-state index is 9.34. The quantitative estimate of drug-likeness (QED) is 0.389. The van der Waals surface area contributed by atoms with Crippen LogP contribution in [0.1, 0.15) is 27.7 Å². The molecular formula is C11H25NO4. The average molecular weight is 235 g/mol. The van der Waals surface area contributed by atoms with Gasteiger partial charge < -0.3 is 23.9 Å². The number of rotatable bonds is 6. The maximum Gasteiger partial charge on any atom is 0.253 e. The molecule has 0 rings (SSSR count). The summed E-state index contributed by atoms with van der Waals surface area (Å²) in [7, 11) is 1.32. The lowest BCUT2D eigenvalue weighted by atomic mass is 10.3. The molecule has 0 fully saturated rings. The van der Waals surface area contributed by atoms with E-state index in [0.29, 0.717) is 0 Å². The molecule has 16 heavy (non-hydrogen) atoms. The molecule has 0 N–H and O–H groups in total. The Morgan fingerprint density at radius 3 is 1.50 bits per heavy atom. The predicted octanol–water partition coefficient (Wildman–Crippen LogP) is 0.833. The average Bonchev–Trinajstić information content (AvgIpc) is 2.31. The van der Waals surface area contributed by atoms with Crippen molar-refractivity contribution in [3.8, 4) is 0 Å². The Morgan fingerprint density at radius 2 is 1.44 bits per heavy atom. The zero-order chi connectivity index (χ0) is 13.0. The van der Waals surface area contributed by atoms with Crippen LogP contribution in [0, 0.1) is 0 Å². The van der Waals surface area contributed by atoms with Gasteiger partial charge in [-0.15, -0.1) is 0 Å². The molecule has 0 heterocycles. The fourth-order valence-corrected chi connectivity index (χ4v) is 1.45. The van der Waals surface area contributed by atoms with Gasteiger partial charge in [0, 0.05) is 7.11 Å². The topological polar surface area (TPSA) is 58.6 Å². The second kappa shape index (κ2) is 10.7. The lowest BCUT2D eigenvalue weighted by molar-refractivity contribution is -0.921. The highest BCUT2D eigenvalue weighted by molar-refractivity contribution is 5.53. The van der Waals surface area contributed by atoms with Gasteiger partial charge in [0.2, 0.25) is 0 Å². The molecule has 98 valence electrons. The summed E-state index contributed by atoms with van der Waals surface area (Å²) in [6.45, 7) is 14.0. The van der Waals surface area contributed by atoms with Crippen molar-refractivity contribution >= 4 is 6.16 Å². The van der Waals surface area contributed by atoms with Crippen LogP contribution in [0.5, 0.6) is 0 Å². The minimum Gasteiger partial charge on any atom is -0.524 e. The van der Waals surface area contributed by atoms with E-state index in [1.807, 2.05) is 0 Å². The summed E-state index contributed by atoms with van der Waals surface area (Å²) < 4.78 is 9.26. The van der Waals surface area contributed by atoms with Crippen molar-refractivity contribution in [2.24, 2.45) is 0 Å². The number of carbonyl (C=O) groups excluding carboxylic acids is 1. The van der Waals surface area contributed by atoms with E-state index in [1.165, 1.54) is 37.8 Å². The summed E-state index contributed by atoms with van der Waals surface area (Å²) in [5.41, 5.74) is 0. The molecule has 0 aliphatic heterocycles. The van der Waals surface area contributed by atoms with E-state index in [4.69, 9.17) is 0 Å². The first-order valence-electron chi connectivity index (χ1n) is 5.69. The molecule has 0 unspecified atom stereocenters. The first-order valence-corrected chi connectivity index (χ1v) is 5.69. The Bertz CT molecular complexity index is 152. The van der Waals surface area contributed by atoms with Crippen molar-refractivity contribution in [2.45, 2.75) is 27.7 Å². The molecule has 0 aliphatic carbocycles. The van der Waals surface area contributed by atoms with E-state index in [9.17, 15) is 9.90 Å². The third-order valence-electron chi connectivity index (χ3n) is 2.98. The van der Waals surface area contributed by atoms with Gasteiger partial charge in [-0.3, -0.25) is 0 Å². The van der Waals surface area contributed by atoms with Crippen LogP contribution < -0.4 is 5.11 Å². The van der Waals surface area contributed by atoms with E-state index in [1.54, 1.807) is 0 Å². The zero-order valence-electron chi connectivity index (χ0n) is 11.1. The molecule has 0 radical (unpaired) electrons. The van der Waals surface area contributed by atoms with Crippen LogP contribution in [-0.4, -0.2) is 50.7 Å². The third kappa shape index (κ3) is 8.49. The molecule has 0 aromatic rings. The molecule has 0 atom stereocenters. The number of carbonyl (C=O) groups is 1. The fraction of sp³-hybridized carbons (Fsp3) is 0.909. The van der Waals surface area contributed by atoms with Crippen molar-refractivity contribution < 1.29 is 23.9 Å². The summed E-state index contributed by atoms with van der Waals surface area (Å²) in [5, 5.41) is 9.34. The number of carboxylic acid groups (broad SMARTS) is 1. The third-order valence-corrected chi connectivity index (χ3v) is 2.98. The lowest BCUT2D eigenvalue weighted by Crippen LogP contribution is -2.47. The van der Waals surface area contributed by atoms with Gasteiger partial charge in [-0.05, 0) is 27.7 Å². The highest BCUT2D eigenvalue weighted by atomic mass is 16.7. The van der Waals surface area contributed by atoms with Crippen LogP contribution in [0.2, 0.25) is 0 Å². The molecule has 5 heteroatoms. The summed E-state index contributed by atoms with van der Waals surface area (Å²) in [6, 6.07) is 0. The number of quaternary nitrogens is 1. The van der Waals surface area contributed by atoms with E-state index in [2.05, 4.69) is 37.2 Å². The smallest absolute Gasteiger partial charge is 0.253 e. The largest absolute Gasteiger partial charge is 0.524 e. The zero-order valence-corrected chi connectivity index (χ0v) is 11.1. The normalized spacial score (nSPS) is 10.3. The first kappa shape index (κ1) is 17.6. The number of ether oxygens (including phenoxy) is 2. The highest BCUT2D eigenvalue weighted by Crippen LogP contribution is 2.03. The molecule has 0 amide bonds. The predicted molar refractivity (Wildman–Crippen MR) is 60.8 cm³/mol. The van der Waals surface area contributed by atoms with Crippen LogP contribution in [-0.2, 0) is 9.47 Å². The number of hydrogen-bond donors (Lipinski definition) is 0.